The van der Waals surface area contributed by atoms with E-state index in [1.807, 2.05) is 0 Å². The van der Waals surface area contributed by atoms with E-state index in [1.54, 1.807) is 0 Å². The molecule has 1 N–H and O–H groups in total. The first-order valence-corrected chi connectivity index (χ1v) is 10.8. The Morgan fingerprint density at radius 3 is 2.67 bits per heavy atom. The summed E-state index contributed by atoms with van der Waals surface area (Å²) in [4.78, 5) is 10.5. The van der Waals surface area contributed by atoms with Gasteiger partial charge in [0.25, 0.3) is 0 Å². The molecule has 0 unspecified atom stereocenters. The molecule has 0 amide bonds. The Kier molecular flexibility index (Phi) is 9.26. The van der Waals surface area contributed by atoms with Gasteiger partial charge in [0.05, 0.1) is 6.61 Å². The van der Waals surface area contributed by atoms with Gasteiger partial charge in [-0.2, -0.15) is 11.8 Å². The molecule has 0 aliphatic carbocycles. The largest absolute Gasteiger partial charge is 0.481 e. The van der Waals surface area contributed by atoms with Crippen LogP contribution >= 0.6 is 11.8 Å². The average Bonchev–Trinajstić information content (AvgIpc) is 3.15. The summed E-state index contributed by atoms with van der Waals surface area (Å²) in [7, 11) is 0. The molecular weight excluding hydrogens is 320 g/mol. The number of thioether (sulfide) groups is 1. The van der Waals surface area contributed by atoms with Crippen molar-refractivity contribution in [3.05, 3.63) is 12.2 Å². The van der Waals surface area contributed by atoms with Crippen LogP contribution in [0.4, 0.5) is 0 Å². The van der Waals surface area contributed by atoms with Gasteiger partial charge in [-0.15, -0.1) is 0 Å². The summed E-state index contributed by atoms with van der Waals surface area (Å²) in [6.45, 7) is 4.11. The highest BCUT2D eigenvalue weighted by Crippen LogP contribution is 2.54. The van der Waals surface area contributed by atoms with E-state index < -0.39 is 5.97 Å². The number of aliphatic carboxylic acids is 1. The number of carbonyl (C=O) groups is 1. The fourth-order valence-corrected chi connectivity index (χ4v) is 6.01. The Morgan fingerprint density at radius 1 is 1.12 bits per heavy atom. The molecule has 0 aromatic heterocycles. The lowest BCUT2D eigenvalue weighted by Crippen LogP contribution is -2.30. The van der Waals surface area contributed by atoms with E-state index in [0.29, 0.717) is 0 Å². The summed E-state index contributed by atoms with van der Waals surface area (Å²) in [5.74, 6) is 0.799. The molecule has 2 heterocycles. The van der Waals surface area contributed by atoms with Gasteiger partial charge in [0, 0.05) is 23.5 Å². The second-order valence-corrected chi connectivity index (χ2v) is 8.73. The van der Waals surface area contributed by atoms with E-state index in [1.165, 1.54) is 38.5 Å². The van der Waals surface area contributed by atoms with Crippen LogP contribution in [-0.2, 0) is 9.53 Å². The zero-order valence-electron chi connectivity index (χ0n) is 15.1. The molecule has 0 spiro atoms. The fourth-order valence-electron chi connectivity index (χ4n) is 4.02. The summed E-state index contributed by atoms with van der Waals surface area (Å²) in [5, 5.41) is 10.3. The minimum Gasteiger partial charge on any atom is -0.481 e. The molecular formula is C20H34O3S. The predicted molar refractivity (Wildman–Crippen MR) is 102 cm³/mol. The maximum absolute atomic E-state index is 10.5. The standard InChI is InChI=1S/C20H34O3S/c1-2-3-4-9-14-23-15-17-16(18-12-13-19(17)24-18)10-7-5-6-8-11-20(21)22/h5,7,16-19H,2-4,6,8-15H2,1H3,(H,21,22)/t16-,17+,18-,19+/m1/s1. The van der Waals surface area contributed by atoms with Crippen LogP contribution in [0.2, 0.25) is 0 Å². The molecule has 2 bridgehead atoms. The van der Waals surface area contributed by atoms with Crippen molar-refractivity contribution in [1.29, 1.82) is 0 Å². The van der Waals surface area contributed by atoms with Gasteiger partial charge < -0.3 is 9.84 Å². The molecule has 4 atom stereocenters. The minimum atomic E-state index is -0.691. The molecule has 0 aromatic rings. The SMILES string of the molecule is CCCCCCOC[C@H]1[C@@H](CC=CCCCC(=O)O)[C@H]2CC[C@@H]1S2. The van der Waals surface area contributed by atoms with Crippen molar-refractivity contribution in [2.45, 2.75) is 81.6 Å². The molecule has 4 heteroatoms. The molecule has 2 aliphatic rings. The van der Waals surface area contributed by atoms with Crippen LogP contribution in [0.15, 0.2) is 12.2 Å². The molecule has 138 valence electrons. The molecule has 0 aromatic carbocycles. The Hall–Kier alpha value is -0.480. The average molecular weight is 355 g/mol. The Balaban J connectivity index is 1.65. The highest BCUT2D eigenvalue weighted by Gasteiger charge is 2.47. The number of carboxylic acids is 1. The Morgan fingerprint density at radius 2 is 1.92 bits per heavy atom. The van der Waals surface area contributed by atoms with Crippen LogP contribution in [0.25, 0.3) is 0 Å². The van der Waals surface area contributed by atoms with E-state index in [-0.39, 0.29) is 6.42 Å². The fraction of sp³-hybridized carbons (Fsp3) is 0.850. The molecule has 3 nitrogen and oxygen atoms in total. The highest BCUT2D eigenvalue weighted by atomic mass is 32.2. The summed E-state index contributed by atoms with van der Waals surface area (Å²) in [5.41, 5.74) is 0. The van der Waals surface area contributed by atoms with E-state index in [9.17, 15) is 4.79 Å². The summed E-state index contributed by atoms with van der Waals surface area (Å²) in [6, 6.07) is 0. The molecule has 24 heavy (non-hydrogen) atoms. The summed E-state index contributed by atoms with van der Waals surface area (Å²) >= 11 is 2.20. The first kappa shape index (κ1) is 19.8. The van der Waals surface area contributed by atoms with Crippen molar-refractivity contribution in [2.75, 3.05) is 13.2 Å². The molecule has 2 aliphatic heterocycles. The molecule has 2 fully saturated rings. The lowest BCUT2D eigenvalue weighted by atomic mass is 9.78. The lowest BCUT2D eigenvalue weighted by molar-refractivity contribution is -0.137. The third kappa shape index (κ3) is 6.44. The first-order chi connectivity index (χ1) is 11.7. The van der Waals surface area contributed by atoms with Gasteiger partial charge in [0.1, 0.15) is 0 Å². The highest BCUT2D eigenvalue weighted by molar-refractivity contribution is 8.01. The van der Waals surface area contributed by atoms with Crippen molar-refractivity contribution >= 4 is 17.7 Å². The van der Waals surface area contributed by atoms with Crippen molar-refractivity contribution in [2.24, 2.45) is 11.8 Å². The van der Waals surface area contributed by atoms with Crippen LogP contribution < -0.4 is 0 Å². The van der Waals surface area contributed by atoms with Crippen molar-refractivity contribution < 1.29 is 14.6 Å². The normalized spacial score (nSPS) is 28.9. The zero-order valence-corrected chi connectivity index (χ0v) is 15.9. The number of ether oxygens (including phenoxy) is 1. The maximum atomic E-state index is 10.5. The number of hydrogen-bond donors (Lipinski definition) is 1. The Labute approximate surface area is 151 Å². The number of unbranched alkanes of at least 4 members (excludes halogenated alkanes) is 4. The van der Waals surface area contributed by atoms with Crippen molar-refractivity contribution in [3.8, 4) is 0 Å². The topological polar surface area (TPSA) is 46.5 Å². The summed E-state index contributed by atoms with van der Waals surface area (Å²) < 4.78 is 6.02. The van der Waals surface area contributed by atoms with Gasteiger partial charge in [0.2, 0.25) is 0 Å². The maximum Gasteiger partial charge on any atom is 0.303 e. The predicted octanol–water partition coefficient (Wildman–Crippen LogP) is 5.29. The van der Waals surface area contributed by atoms with E-state index >= 15 is 0 Å². The van der Waals surface area contributed by atoms with Gasteiger partial charge in [-0.3, -0.25) is 4.79 Å². The molecule has 0 radical (unpaired) electrons. The second-order valence-electron chi connectivity index (χ2n) is 7.25. The van der Waals surface area contributed by atoms with Crippen molar-refractivity contribution in [1.82, 2.24) is 0 Å². The number of allylic oxidation sites excluding steroid dienone is 2. The van der Waals surface area contributed by atoms with Gasteiger partial charge in [-0.25, -0.2) is 0 Å². The number of rotatable bonds is 13. The monoisotopic (exact) mass is 354 g/mol. The third-order valence-corrected chi connectivity index (χ3v) is 7.25. The van der Waals surface area contributed by atoms with Gasteiger partial charge >= 0.3 is 5.97 Å². The first-order valence-electron chi connectivity index (χ1n) is 9.82. The molecule has 2 rings (SSSR count). The minimum absolute atomic E-state index is 0.281. The smallest absolute Gasteiger partial charge is 0.303 e. The van der Waals surface area contributed by atoms with Gasteiger partial charge in [-0.1, -0.05) is 38.3 Å². The van der Waals surface area contributed by atoms with Crippen LogP contribution in [0.5, 0.6) is 0 Å². The number of hydrogen-bond acceptors (Lipinski definition) is 3. The zero-order chi connectivity index (χ0) is 17.2. The number of carboxylic acid groups (broad SMARTS) is 1. The van der Waals surface area contributed by atoms with Gasteiger partial charge in [0.15, 0.2) is 0 Å². The van der Waals surface area contributed by atoms with Gasteiger partial charge in [-0.05, 0) is 50.4 Å². The van der Waals surface area contributed by atoms with Crippen LogP contribution in [0.3, 0.4) is 0 Å². The van der Waals surface area contributed by atoms with Crippen LogP contribution in [0, 0.1) is 11.8 Å². The molecule has 0 saturated carbocycles. The quantitative estimate of drug-likeness (QED) is 0.360. The second kappa shape index (κ2) is 11.2. The van der Waals surface area contributed by atoms with E-state index in [2.05, 4.69) is 30.8 Å². The Bertz CT molecular complexity index is 396. The van der Waals surface area contributed by atoms with E-state index in [0.717, 1.165) is 54.8 Å². The van der Waals surface area contributed by atoms with Crippen LogP contribution in [-0.4, -0.2) is 34.8 Å². The molecule has 2 saturated heterocycles. The third-order valence-electron chi connectivity index (χ3n) is 5.38. The van der Waals surface area contributed by atoms with Crippen LogP contribution in [0.1, 0.15) is 71.1 Å². The van der Waals surface area contributed by atoms with E-state index in [4.69, 9.17) is 9.84 Å². The lowest BCUT2D eigenvalue weighted by Gasteiger charge is -2.29. The van der Waals surface area contributed by atoms with Crippen molar-refractivity contribution in [3.63, 3.8) is 0 Å². The summed E-state index contributed by atoms with van der Waals surface area (Å²) in [6.07, 6.45) is 15.4. The number of fused-ring (bicyclic) bond motifs is 2.